The van der Waals surface area contributed by atoms with E-state index < -0.39 is 5.82 Å². The SMILES string of the molecule is COc1cc(F)c(Br)cc1O. The molecule has 0 fully saturated rings. The van der Waals surface area contributed by atoms with Gasteiger partial charge in [-0.05, 0) is 15.9 Å². The lowest BCUT2D eigenvalue weighted by atomic mass is 10.3. The Balaban J connectivity index is 3.21. The van der Waals surface area contributed by atoms with Crippen LogP contribution < -0.4 is 4.74 Å². The molecule has 0 radical (unpaired) electrons. The molecule has 0 bridgehead atoms. The summed E-state index contributed by atoms with van der Waals surface area (Å²) in [6.07, 6.45) is 0. The second-order valence-electron chi connectivity index (χ2n) is 1.94. The fraction of sp³-hybridized carbons (Fsp3) is 0.143. The maximum atomic E-state index is 12.7. The number of ether oxygens (including phenoxy) is 1. The average molecular weight is 221 g/mol. The van der Waals surface area contributed by atoms with Crippen molar-refractivity contribution in [1.82, 2.24) is 0 Å². The first kappa shape index (κ1) is 8.33. The highest BCUT2D eigenvalue weighted by atomic mass is 79.9. The molecule has 0 amide bonds. The Morgan fingerprint density at radius 3 is 2.73 bits per heavy atom. The Morgan fingerprint density at radius 2 is 2.18 bits per heavy atom. The van der Waals surface area contributed by atoms with Crippen molar-refractivity contribution in [2.75, 3.05) is 7.11 Å². The molecule has 2 nitrogen and oxygen atoms in total. The largest absolute Gasteiger partial charge is 0.504 e. The lowest BCUT2D eigenvalue weighted by molar-refractivity contribution is 0.370. The van der Waals surface area contributed by atoms with E-state index in [0.29, 0.717) is 0 Å². The molecule has 4 heteroatoms. The van der Waals surface area contributed by atoms with Crippen molar-refractivity contribution < 1.29 is 14.2 Å². The third-order valence-corrected chi connectivity index (χ3v) is 1.83. The molecule has 0 spiro atoms. The van der Waals surface area contributed by atoms with Gasteiger partial charge in [0.05, 0.1) is 11.6 Å². The maximum Gasteiger partial charge on any atom is 0.163 e. The van der Waals surface area contributed by atoms with Crippen LogP contribution in [0.5, 0.6) is 11.5 Å². The molecule has 0 aliphatic heterocycles. The summed E-state index contributed by atoms with van der Waals surface area (Å²) < 4.78 is 17.6. The third-order valence-electron chi connectivity index (χ3n) is 1.22. The van der Waals surface area contributed by atoms with Crippen LogP contribution in [0.1, 0.15) is 0 Å². The molecule has 0 saturated carbocycles. The van der Waals surface area contributed by atoms with E-state index in [4.69, 9.17) is 5.11 Å². The molecular weight excluding hydrogens is 215 g/mol. The van der Waals surface area contributed by atoms with Gasteiger partial charge in [-0.3, -0.25) is 0 Å². The number of hydrogen-bond acceptors (Lipinski definition) is 2. The average Bonchev–Trinajstić information content (AvgIpc) is 1.97. The molecule has 60 valence electrons. The highest BCUT2D eigenvalue weighted by Crippen LogP contribution is 2.30. The van der Waals surface area contributed by atoms with Gasteiger partial charge in [-0.25, -0.2) is 4.39 Å². The van der Waals surface area contributed by atoms with E-state index in [1.165, 1.54) is 13.2 Å². The van der Waals surface area contributed by atoms with E-state index >= 15 is 0 Å². The predicted octanol–water partition coefficient (Wildman–Crippen LogP) is 2.30. The van der Waals surface area contributed by atoms with E-state index in [1.807, 2.05) is 0 Å². The molecule has 0 atom stereocenters. The van der Waals surface area contributed by atoms with Crippen molar-refractivity contribution in [3.63, 3.8) is 0 Å². The number of phenolic OH excluding ortho intramolecular Hbond substituents is 1. The molecule has 1 aromatic carbocycles. The molecule has 1 N–H and O–H groups in total. The van der Waals surface area contributed by atoms with Gasteiger partial charge in [0, 0.05) is 12.1 Å². The van der Waals surface area contributed by atoms with Gasteiger partial charge in [0.2, 0.25) is 0 Å². The molecule has 1 rings (SSSR count). The quantitative estimate of drug-likeness (QED) is 0.788. The molecule has 1 aromatic rings. The van der Waals surface area contributed by atoms with Crippen LogP contribution >= 0.6 is 15.9 Å². The van der Waals surface area contributed by atoms with Crippen molar-refractivity contribution in [3.05, 3.63) is 22.4 Å². The van der Waals surface area contributed by atoms with Crippen LogP contribution in [0.15, 0.2) is 16.6 Å². The summed E-state index contributed by atoms with van der Waals surface area (Å²) in [5.41, 5.74) is 0. The van der Waals surface area contributed by atoms with Crippen molar-refractivity contribution in [2.24, 2.45) is 0 Å². The number of benzene rings is 1. The highest BCUT2D eigenvalue weighted by Gasteiger charge is 2.06. The lowest BCUT2D eigenvalue weighted by Gasteiger charge is -2.03. The van der Waals surface area contributed by atoms with Gasteiger partial charge in [0.1, 0.15) is 5.82 Å². The first-order valence-electron chi connectivity index (χ1n) is 2.87. The highest BCUT2D eigenvalue weighted by molar-refractivity contribution is 9.10. The molecule has 0 aromatic heterocycles. The predicted molar refractivity (Wildman–Crippen MR) is 42.3 cm³/mol. The van der Waals surface area contributed by atoms with Gasteiger partial charge in [-0.2, -0.15) is 0 Å². The minimum absolute atomic E-state index is 0.0826. The van der Waals surface area contributed by atoms with Gasteiger partial charge < -0.3 is 9.84 Å². The standard InChI is InChI=1S/C7H6BrFO2/c1-11-7-3-5(9)4(8)2-6(7)10/h2-3,10H,1H3. The summed E-state index contributed by atoms with van der Waals surface area (Å²) in [5.74, 6) is -0.411. The topological polar surface area (TPSA) is 29.5 Å². The first-order chi connectivity index (χ1) is 5.15. The Hall–Kier alpha value is -0.770. The van der Waals surface area contributed by atoms with Crippen LogP contribution in [0, 0.1) is 5.82 Å². The summed E-state index contributed by atoms with van der Waals surface area (Å²) in [7, 11) is 1.36. The van der Waals surface area contributed by atoms with E-state index in [-0.39, 0.29) is 16.0 Å². The maximum absolute atomic E-state index is 12.7. The lowest BCUT2D eigenvalue weighted by Crippen LogP contribution is -1.85. The Kier molecular flexibility index (Phi) is 2.34. The van der Waals surface area contributed by atoms with E-state index in [0.717, 1.165) is 6.07 Å². The second-order valence-corrected chi connectivity index (χ2v) is 2.79. The van der Waals surface area contributed by atoms with Crippen molar-refractivity contribution >= 4 is 15.9 Å². The Bertz CT molecular complexity index is 275. The van der Waals surface area contributed by atoms with E-state index in [9.17, 15) is 4.39 Å². The molecule has 0 heterocycles. The summed E-state index contributed by atoms with van der Waals surface area (Å²) >= 11 is 2.92. The molecule has 11 heavy (non-hydrogen) atoms. The van der Waals surface area contributed by atoms with Gasteiger partial charge in [0.25, 0.3) is 0 Å². The zero-order chi connectivity index (χ0) is 8.43. The van der Waals surface area contributed by atoms with Crippen LogP contribution in [-0.4, -0.2) is 12.2 Å². The Labute approximate surface area is 71.7 Å². The number of phenols is 1. The van der Waals surface area contributed by atoms with Gasteiger partial charge in [-0.15, -0.1) is 0 Å². The number of aromatic hydroxyl groups is 1. The van der Waals surface area contributed by atoms with Crippen LogP contribution in [0.3, 0.4) is 0 Å². The summed E-state index contributed by atoms with van der Waals surface area (Å²) in [4.78, 5) is 0. The molecule has 0 aliphatic carbocycles. The number of halogens is 2. The van der Waals surface area contributed by atoms with Gasteiger partial charge in [0.15, 0.2) is 11.5 Å². The molecule has 0 aliphatic rings. The zero-order valence-corrected chi connectivity index (χ0v) is 7.35. The minimum atomic E-state index is -0.459. The fourth-order valence-electron chi connectivity index (χ4n) is 0.682. The van der Waals surface area contributed by atoms with Crippen LogP contribution in [-0.2, 0) is 0 Å². The first-order valence-corrected chi connectivity index (χ1v) is 3.66. The Morgan fingerprint density at radius 1 is 1.55 bits per heavy atom. The third kappa shape index (κ3) is 1.63. The normalized spacial score (nSPS) is 9.73. The summed E-state index contributed by atoms with van der Waals surface area (Å²) in [6.45, 7) is 0. The number of hydrogen-bond donors (Lipinski definition) is 1. The van der Waals surface area contributed by atoms with E-state index in [2.05, 4.69) is 20.7 Å². The van der Waals surface area contributed by atoms with Crippen LogP contribution in [0.25, 0.3) is 0 Å². The number of rotatable bonds is 1. The molecule has 0 unspecified atom stereocenters. The monoisotopic (exact) mass is 220 g/mol. The summed E-state index contributed by atoms with van der Waals surface area (Å²) in [5, 5.41) is 9.09. The van der Waals surface area contributed by atoms with Crippen molar-refractivity contribution in [1.29, 1.82) is 0 Å². The van der Waals surface area contributed by atoms with Gasteiger partial charge in [-0.1, -0.05) is 0 Å². The van der Waals surface area contributed by atoms with E-state index in [1.54, 1.807) is 0 Å². The van der Waals surface area contributed by atoms with Crippen molar-refractivity contribution in [2.45, 2.75) is 0 Å². The summed E-state index contributed by atoms with van der Waals surface area (Å²) in [6, 6.07) is 2.35. The molecule has 0 saturated heterocycles. The van der Waals surface area contributed by atoms with Crippen molar-refractivity contribution in [3.8, 4) is 11.5 Å². The zero-order valence-electron chi connectivity index (χ0n) is 5.77. The molecular formula is C7H6BrFO2. The second kappa shape index (κ2) is 3.09. The smallest absolute Gasteiger partial charge is 0.163 e. The fourth-order valence-corrected chi connectivity index (χ4v) is 1.01. The number of methoxy groups -OCH3 is 1. The van der Waals surface area contributed by atoms with Crippen LogP contribution in [0.4, 0.5) is 4.39 Å². The minimum Gasteiger partial charge on any atom is -0.504 e. The van der Waals surface area contributed by atoms with Crippen LogP contribution in [0.2, 0.25) is 0 Å². The van der Waals surface area contributed by atoms with Gasteiger partial charge >= 0.3 is 0 Å².